The third kappa shape index (κ3) is 4.95. The Kier molecular flexibility index (Phi) is 6.09. The lowest BCUT2D eigenvalue weighted by atomic mass is 10.3. The van der Waals surface area contributed by atoms with Gasteiger partial charge in [0.25, 0.3) is 0 Å². The predicted octanol–water partition coefficient (Wildman–Crippen LogP) is 3.27. The van der Waals surface area contributed by atoms with E-state index in [0.717, 1.165) is 45.2 Å². The number of nitrogens with one attached hydrogen (secondary N) is 2. The molecule has 1 aliphatic heterocycles. The fourth-order valence-electron chi connectivity index (χ4n) is 2.40. The average Bonchev–Trinajstić information content (AvgIpc) is 2.60. The number of ether oxygens (including phenoxy) is 1. The number of hydrogen-bond donors (Lipinski definition) is 2. The van der Waals surface area contributed by atoms with Crippen LogP contribution in [-0.4, -0.2) is 54.3 Å². The number of morpholine rings is 1. The molecular weight excluding hydrogens is 349 g/mol. The maximum atomic E-state index is 6.15. The zero-order chi connectivity index (χ0) is 16.8. The van der Waals surface area contributed by atoms with Crippen LogP contribution in [0.4, 0.5) is 17.5 Å². The van der Waals surface area contributed by atoms with Gasteiger partial charge in [-0.1, -0.05) is 23.2 Å². The lowest BCUT2D eigenvalue weighted by Gasteiger charge is -2.26. The van der Waals surface area contributed by atoms with E-state index in [4.69, 9.17) is 27.9 Å². The topological polar surface area (TPSA) is 62.3 Å². The number of hydrogen-bond acceptors (Lipinski definition) is 6. The van der Waals surface area contributed by atoms with Gasteiger partial charge in [0.05, 0.1) is 23.9 Å². The molecule has 8 heteroatoms. The van der Waals surface area contributed by atoms with Gasteiger partial charge in [-0.25, -0.2) is 4.98 Å². The molecule has 1 aromatic carbocycles. The number of anilines is 3. The van der Waals surface area contributed by atoms with E-state index in [0.29, 0.717) is 21.7 Å². The Morgan fingerprint density at radius 3 is 2.83 bits per heavy atom. The van der Waals surface area contributed by atoms with E-state index in [-0.39, 0.29) is 0 Å². The molecule has 0 amide bonds. The van der Waals surface area contributed by atoms with Crippen molar-refractivity contribution < 1.29 is 4.74 Å². The Bertz CT molecular complexity index is 679. The second-order valence-corrected chi connectivity index (χ2v) is 6.24. The fourth-order valence-corrected chi connectivity index (χ4v) is 2.73. The number of aromatic nitrogens is 2. The maximum absolute atomic E-state index is 6.15. The maximum Gasteiger partial charge on any atom is 0.229 e. The quantitative estimate of drug-likeness (QED) is 0.816. The summed E-state index contributed by atoms with van der Waals surface area (Å²) in [5, 5.41) is 7.56. The largest absolute Gasteiger partial charge is 0.379 e. The van der Waals surface area contributed by atoms with Crippen LogP contribution in [0, 0.1) is 0 Å². The van der Waals surface area contributed by atoms with Crippen molar-refractivity contribution in [3.63, 3.8) is 0 Å². The Balaban J connectivity index is 1.56. The van der Waals surface area contributed by atoms with Crippen LogP contribution in [0.2, 0.25) is 10.0 Å². The number of nitrogens with zero attached hydrogens (tertiary/aromatic N) is 3. The number of benzene rings is 1. The first kappa shape index (κ1) is 17.2. The van der Waals surface area contributed by atoms with Crippen molar-refractivity contribution in [1.29, 1.82) is 0 Å². The minimum absolute atomic E-state index is 0.468. The molecule has 2 N–H and O–H groups in total. The van der Waals surface area contributed by atoms with Gasteiger partial charge in [-0.05, 0) is 24.3 Å². The summed E-state index contributed by atoms with van der Waals surface area (Å²) < 4.78 is 5.34. The van der Waals surface area contributed by atoms with Gasteiger partial charge in [0, 0.05) is 37.4 Å². The van der Waals surface area contributed by atoms with Gasteiger partial charge in [-0.3, -0.25) is 4.90 Å². The molecule has 0 saturated carbocycles. The lowest BCUT2D eigenvalue weighted by molar-refractivity contribution is 0.0398. The highest BCUT2D eigenvalue weighted by molar-refractivity contribution is 6.35. The molecule has 0 radical (unpaired) electrons. The van der Waals surface area contributed by atoms with Crippen molar-refractivity contribution in [2.45, 2.75) is 0 Å². The normalized spacial score (nSPS) is 15.2. The summed E-state index contributed by atoms with van der Waals surface area (Å²) in [6, 6.07) is 7.05. The third-order valence-corrected chi connectivity index (χ3v) is 4.23. The molecular formula is C16H19Cl2N5O. The van der Waals surface area contributed by atoms with Gasteiger partial charge in [-0.2, -0.15) is 4.98 Å². The van der Waals surface area contributed by atoms with Crippen LogP contribution < -0.4 is 10.6 Å². The minimum Gasteiger partial charge on any atom is -0.379 e. The molecule has 128 valence electrons. The van der Waals surface area contributed by atoms with E-state index < -0.39 is 0 Å². The highest BCUT2D eigenvalue weighted by atomic mass is 35.5. The molecule has 0 aliphatic carbocycles. The van der Waals surface area contributed by atoms with Crippen molar-refractivity contribution in [1.82, 2.24) is 14.9 Å². The van der Waals surface area contributed by atoms with Crippen LogP contribution >= 0.6 is 23.2 Å². The summed E-state index contributed by atoms with van der Waals surface area (Å²) in [5.74, 6) is 1.23. The highest BCUT2D eigenvalue weighted by Crippen LogP contribution is 2.27. The Labute approximate surface area is 151 Å². The molecule has 1 aliphatic rings. The van der Waals surface area contributed by atoms with Crippen LogP contribution in [0.3, 0.4) is 0 Å². The standard InChI is InChI=1S/C16H19Cl2N5O/c17-12-1-2-13(18)14(11-12)21-16-20-4-3-15(22-16)19-5-6-23-7-9-24-10-8-23/h1-4,11H,5-10H2,(H2,19,20,21,22). The summed E-state index contributed by atoms with van der Waals surface area (Å²) in [6.45, 7) is 5.34. The molecule has 2 aromatic rings. The third-order valence-electron chi connectivity index (χ3n) is 3.67. The Morgan fingerprint density at radius 1 is 1.17 bits per heavy atom. The van der Waals surface area contributed by atoms with Gasteiger partial charge >= 0.3 is 0 Å². The summed E-state index contributed by atoms with van der Waals surface area (Å²) in [6.07, 6.45) is 1.70. The van der Waals surface area contributed by atoms with Crippen LogP contribution in [0.1, 0.15) is 0 Å². The molecule has 1 saturated heterocycles. The van der Waals surface area contributed by atoms with Crippen molar-refractivity contribution in [2.75, 3.05) is 50.0 Å². The van der Waals surface area contributed by atoms with E-state index in [9.17, 15) is 0 Å². The second kappa shape index (κ2) is 8.48. The lowest BCUT2D eigenvalue weighted by Crippen LogP contribution is -2.39. The van der Waals surface area contributed by atoms with E-state index >= 15 is 0 Å². The van der Waals surface area contributed by atoms with Crippen LogP contribution in [0.5, 0.6) is 0 Å². The summed E-state index contributed by atoms with van der Waals surface area (Å²) in [4.78, 5) is 11.0. The average molecular weight is 368 g/mol. The monoisotopic (exact) mass is 367 g/mol. The molecule has 1 fully saturated rings. The SMILES string of the molecule is Clc1ccc(Cl)c(Nc2nccc(NCCN3CCOCC3)n2)c1. The molecule has 0 bridgehead atoms. The Morgan fingerprint density at radius 2 is 2.00 bits per heavy atom. The van der Waals surface area contributed by atoms with E-state index in [2.05, 4.69) is 25.5 Å². The van der Waals surface area contributed by atoms with Crippen molar-refractivity contribution in [3.05, 3.63) is 40.5 Å². The molecule has 3 rings (SSSR count). The summed E-state index contributed by atoms with van der Waals surface area (Å²) in [7, 11) is 0. The number of halogens is 2. The van der Waals surface area contributed by atoms with E-state index in [1.807, 2.05) is 6.07 Å². The molecule has 2 heterocycles. The van der Waals surface area contributed by atoms with Crippen molar-refractivity contribution in [2.24, 2.45) is 0 Å². The molecule has 0 unspecified atom stereocenters. The van der Waals surface area contributed by atoms with Gasteiger partial charge in [-0.15, -0.1) is 0 Å². The zero-order valence-electron chi connectivity index (χ0n) is 13.1. The van der Waals surface area contributed by atoms with Gasteiger partial charge < -0.3 is 15.4 Å². The highest BCUT2D eigenvalue weighted by Gasteiger charge is 2.09. The van der Waals surface area contributed by atoms with Gasteiger partial charge in [0.2, 0.25) is 5.95 Å². The first-order valence-corrected chi connectivity index (χ1v) is 8.55. The van der Waals surface area contributed by atoms with Crippen LogP contribution in [-0.2, 0) is 4.74 Å². The molecule has 0 atom stereocenters. The van der Waals surface area contributed by atoms with Crippen molar-refractivity contribution >= 4 is 40.7 Å². The molecule has 6 nitrogen and oxygen atoms in total. The summed E-state index contributed by atoms with van der Waals surface area (Å²) in [5.41, 5.74) is 0.676. The summed E-state index contributed by atoms with van der Waals surface area (Å²) >= 11 is 12.1. The second-order valence-electron chi connectivity index (χ2n) is 5.40. The first-order chi connectivity index (χ1) is 11.7. The molecule has 24 heavy (non-hydrogen) atoms. The van der Waals surface area contributed by atoms with Gasteiger partial charge in [0.1, 0.15) is 5.82 Å². The van der Waals surface area contributed by atoms with Crippen LogP contribution in [0.15, 0.2) is 30.5 Å². The Hall–Kier alpha value is -1.60. The zero-order valence-corrected chi connectivity index (χ0v) is 14.6. The number of rotatable bonds is 6. The minimum atomic E-state index is 0.468. The molecule has 0 spiro atoms. The van der Waals surface area contributed by atoms with Gasteiger partial charge in [0.15, 0.2) is 0 Å². The van der Waals surface area contributed by atoms with E-state index in [1.54, 1.807) is 24.4 Å². The predicted molar refractivity (Wildman–Crippen MR) is 97.5 cm³/mol. The van der Waals surface area contributed by atoms with Crippen LogP contribution in [0.25, 0.3) is 0 Å². The molecule has 1 aromatic heterocycles. The van der Waals surface area contributed by atoms with Crippen molar-refractivity contribution in [3.8, 4) is 0 Å². The fraction of sp³-hybridized carbons (Fsp3) is 0.375. The first-order valence-electron chi connectivity index (χ1n) is 7.80. The van der Waals surface area contributed by atoms with E-state index in [1.165, 1.54) is 0 Å². The smallest absolute Gasteiger partial charge is 0.229 e.